The number of carbonyl (C=O) groups excluding carboxylic acids is 1. The van der Waals surface area contributed by atoms with Crippen LogP contribution in [-0.4, -0.2) is 19.0 Å². The zero-order valence-electron chi connectivity index (χ0n) is 9.00. The van der Waals surface area contributed by atoms with Crippen LogP contribution in [-0.2, 0) is 11.3 Å². The second-order valence-corrected chi connectivity index (χ2v) is 4.24. The van der Waals surface area contributed by atoms with Crippen molar-refractivity contribution in [1.29, 1.82) is 0 Å². The summed E-state index contributed by atoms with van der Waals surface area (Å²) in [6.45, 7) is 5.04. The molecule has 16 heavy (non-hydrogen) atoms. The SMILES string of the molecule is C=CCNC(=O)CNCc1cccc(Br)c1. The molecule has 0 spiro atoms. The molecule has 0 aliphatic rings. The summed E-state index contributed by atoms with van der Waals surface area (Å²) >= 11 is 3.40. The van der Waals surface area contributed by atoms with Crippen LogP contribution in [0.4, 0.5) is 0 Å². The van der Waals surface area contributed by atoms with Crippen molar-refractivity contribution in [2.24, 2.45) is 0 Å². The molecule has 1 aromatic rings. The number of benzene rings is 1. The van der Waals surface area contributed by atoms with Crippen molar-refractivity contribution in [2.45, 2.75) is 6.54 Å². The molecule has 0 heterocycles. The summed E-state index contributed by atoms with van der Waals surface area (Å²) in [5, 5.41) is 5.77. The first-order chi connectivity index (χ1) is 7.72. The smallest absolute Gasteiger partial charge is 0.234 e. The van der Waals surface area contributed by atoms with E-state index >= 15 is 0 Å². The molecule has 0 saturated heterocycles. The van der Waals surface area contributed by atoms with Crippen molar-refractivity contribution < 1.29 is 4.79 Å². The van der Waals surface area contributed by atoms with E-state index < -0.39 is 0 Å². The highest BCUT2D eigenvalue weighted by Gasteiger charge is 1.98. The van der Waals surface area contributed by atoms with Gasteiger partial charge in [-0.05, 0) is 17.7 Å². The Hall–Kier alpha value is -1.13. The van der Waals surface area contributed by atoms with E-state index in [2.05, 4.69) is 33.1 Å². The zero-order chi connectivity index (χ0) is 11.8. The molecular formula is C12H15BrN2O. The van der Waals surface area contributed by atoms with Crippen LogP contribution in [0.5, 0.6) is 0 Å². The summed E-state index contributed by atoms with van der Waals surface area (Å²) < 4.78 is 1.04. The third-order valence-electron chi connectivity index (χ3n) is 1.95. The predicted octanol–water partition coefficient (Wildman–Crippen LogP) is 1.84. The van der Waals surface area contributed by atoms with Crippen molar-refractivity contribution in [2.75, 3.05) is 13.1 Å². The second-order valence-electron chi connectivity index (χ2n) is 3.33. The van der Waals surface area contributed by atoms with Gasteiger partial charge in [0.2, 0.25) is 5.91 Å². The van der Waals surface area contributed by atoms with Crippen LogP contribution in [0.3, 0.4) is 0 Å². The number of nitrogens with one attached hydrogen (secondary N) is 2. The highest BCUT2D eigenvalue weighted by atomic mass is 79.9. The van der Waals surface area contributed by atoms with Gasteiger partial charge in [-0.15, -0.1) is 6.58 Å². The molecule has 0 aliphatic carbocycles. The van der Waals surface area contributed by atoms with Gasteiger partial charge >= 0.3 is 0 Å². The third-order valence-corrected chi connectivity index (χ3v) is 2.44. The quantitative estimate of drug-likeness (QED) is 0.782. The highest BCUT2D eigenvalue weighted by molar-refractivity contribution is 9.10. The first-order valence-corrected chi connectivity index (χ1v) is 5.84. The number of hydrogen-bond acceptors (Lipinski definition) is 2. The topological polar surface area (TPSA) is 41.1 Å². The van der Waals surface area contributed by atoms with Crippen LogP contribution in [0, 0.1) is 0 Å². The Morgan fingerprint density at radius 3 is 3.00 bits per heavy atom. The van der Waals surface area contributed by atoms with Crippen molar-refractivity contribution in [3.63, 3.8) is 0 Å². The van der Waals surface area contributed by atoms with Gasteiger partial charge in [0.1, 0.15) is 0 Å². The van der Waals surface area contributed by atoms with Gasteiger partial charge in [-0.1, -0.05) is 34.1 Å². The largest absolute Gasteiger partial charge is 0.352 e. The van der Waals surface area contributed by atoms with E-state index in [4.69, 9.17) is 0 Å². The minimum Gasteiger partial charge on any atom is -0.352 e. The Bertz CT molecular complexity index is 366. The molecule has 1 rings (SSSR count). The number of halogens is 1. The molecule has 0 atom stereocenters. The Balaban J connectivity index is 2.25. The molecule has 3 nitrogen and oxygen atoms in total. The molecule has 2 N–H and O–H groups in total. The van der Waals surface area contributed by atoms with Gasteiger partial charge in [0.05, 0.1) is 6.54 Å². The van der Waals surface area contributed by atoms with Crippen molar-refractivity contribution in [3.05, 3.63) is 47.0 Å². The lowest BCUT2D eigenvalue weighted by molar-refractivity contribution is -0.120. The maximum absolute atomic E-state index is 11.2. The number of hydrogen-bond donors (Lipinski definition) is 2. The molecule has 0 saturated carbocycles. The fraction of sp³-hybridized carbons (Fsp3) is 0.250. The van der Waals surface area contributed by atoms with Crippen molar-refractivity contribution >= 4 is 21.8 Å². The molecule has 86 valence electrons. The zero-order valence-corrected chi connectivity index (χ0v) is 10.6. The molecule has 0 bridgehead atoms. The average molecular weight is 283 g/mol. The number of carbonyl (C=O) groups is 1. The molecule has 1 aromatic carbocycles. The highest BCUT2D eigenvalue weighted by Crippen LogP contribution is 2.10. The van der Waals surface area contributed by atoms with Crippen LogP contribution >= 0.6 is 15.9 Å². The van der Waals surface area contributed by atoms with Crippen LogP contribution < -0.4 is 10.6 Å². The minimum atomic E-state index is -0.0186. The van der Waals surface area contributed by atoms with Crippen LogP contribution in [0.2, 0.25) is 0 Å². The Morgan fingerprint density at radius 1 is 1.50 bits per heavy atom. The summed E-state index contributed by atoms with van der Waals surface area (Å²) in [4.78, 5) is 11.2. The molecule has 0 aliphatic heterocycles. The molecule has 4 heteroatoms. The Kier molecular flexibility index (Phi) is 5.82. The minimum absolute atomic E-state index is 0.0186. The molecule has 0 aromatic heterocycles. The predicted molar refractivity (Wildman–Crippen MR) is 69.1 cm³/mol. The van der Waals surface area contributed by atoms with Gasteiger partial charge in [-0.2, -0.15) is 0 Å². The maximum atomic E-state index is 11.2. The van der Waals surface area contributed by atoms with Gasteiger partial charge in [-0.25, -0.2) is 0 Å². The normalized spacial score (nSPS) is 9.81. The maximum Gasteiger partial charge on any atom is 0.234 e. The van der Waals surface area contributed by atoms with E-state index in [1.807, 2.05) is 24.3 Å². The molecule has 0 unspecified atom stereocenters. The standard InChI is InChI=1S/C12H15BrN2O/c1-2-6-15-12(16)9-14-8-10-4-3-5-11(13)7-10/h2-5,7,14H,1,6,8-9H2,(H,15,16). The fourth-order valence-electron chi connectivity index (χ4n) is 1.22. The van der Waals surface area contributed by atoms with E-state index in [0.717, 1.165) is 10.0 Å². The fourth-order valence-corrected chi connectivity index (χ4v) is 1.66. The lowest BCUT2D eigenvalue weighted by atomic mass is 10.2. The Labute approximate surface area is 104 Å². The first kappa shape index (κ1) is 12.9. The van der Waals surface area contributed by atoms with Crippen molar-refractivity contribution in [1.82, 2.24) is 10.6 Å². The summed E-state index contributed by atoms with van der Waals surface area (Å²) in [5.41, 5.74) is 1.14. The number of rotatable bonds is 6. The molecular weight excluding hydrogens is 268 g/mol. The summed E-state index contributed by atoms with van der Waals surface area (Å²) in [7, 11) is 0. The van der Waals surface area contributed by atoms with Crippen LogP contribution in [0.25, 0.3) is 0 Å². The van der Waals surface area contributed by atoms with E-state index in [1.165, 1.54) is 0 Å². The monoisotopic (exact) mass is 282 g/mol. The summed E-state index contributed by atoms with van der Waals surface area (Å²) in [5.74, 6) is -0.0186. The lowest BCUT2D eigenvalue weighted by Gasteiger charge is -2.05. The first-order valence-electron chi connectivity index (χ1n) is 5.05. The lowest BCUT2D eigenvalue weighted by Crippen LogP contribution is -2.33. The molecule has 0 radical (unpaired) electrons. The third kappa shape index (κ3) is 5.09. The van der Waals surface area contributed by atoms with Gasteiger partial charge in [0, 0.05) is 17.6 Å². The van der Waals surface area contributed by atoms with Gasteiger partial charge in [0.25, 0.3) is 0 Å². The van der Waals surface area contributed by atoms with E-state index in [0.29, 0.717) is 19.6 Å². The molecule has 0 fully saturated rings. The van der Waals surface area contributed by atoms with E-state index in [1.54, 1.807) is 6.08 Å². The number of amides is 1. The van der Waals surface area contributed by atoms with Gasteiger partial charge in [0.15, 0.2) is 0 Å². The Morgan fingerprint density at radius 2 is 2.31 bits per heavy atom. The summed E-state index contributed by atoms with van der Waals surface area (Å²) in [6.07, 6.45) is 1.66. The van der Waals surface area contributed by atoms with E-state index in [-0.39, 0.29) is 5.91 Å². The van der Waals surface area contributed by atoms with E-state index in [9.17, 15) is 4.79 Å². The van der Waals surface area contributed by atoms with Crippen LogP contribution in [0.15, 0.2) is 41.4 Å². The molecule has 1 amide bonds. The average Bonchev–Trinajstić information content (AvgIpc) is 2.26. The van der Waals surface area contributed by atoms with Gasteiger partial charge < -0.3 is 10.6 Å². The van der Waals surface area contributed by atoms with Crippen LogP contribution in [0.1, 0.15) is 5.56 Å². The summed E-state index contributed by atoms with van der Waals surface area (Å²) in [6, 6.07) is 7.98. The van der Waals surface area contributed by atoms with Gasteiger partial charge in [-0.3, -0.25) is 4.79 Å². The van der Waals surface area contributed by atoms with Crippen molar-refractivity contribution in [3.8, 4) is 0 Å². The second kappa shape index (κ2) is 7.19.